The van der Waals surface area contributed by atoms with Gasteiger partial charge in [-0.15, -0.1) is 0 Å². The zero-order valence-electron chi connectivity index (χ0n) is 7.88. The van der Waals surface area contributed by atoms with E-state index in [4.69, 9.17) is 5.73 Å². The maximum Gasteiger partial charge on any atom is 0.0733 e. The van der Waals surface area contributed by atoms with Crippen molar-refractivity contribution in [2.24, 2.45) is 0 Å². The maximum absolute atomic E-state index is 5.81. The van der Waals surface area contributed by atoms with Crippen molar-refractivity contribution < 1.29 is 0 Å². The van der Waals surface area contributed by atoms with Crippen LogP contribution in [0.5, 0.6) is 0 Å². The van der Waals surface area contributed by atoms with E-state index < -0.39 is 0 Å². The normalized spacial score (nSPS) is 29.0. The first-order chi connectivity index (χ1) is 6.29. The van der Waals surface area contributed by atoms with Crippen LogP contribution in [0.1, 0.15) is 31.4 Å². The Kier molecular flexibility index (Phi) is 2.22. The molecule has 1 fully saturated rings. The van der Waals surface area contributed by atoms with Crippen molar-refractivity contribution in [3.05, 3.63) is 11.9 Å². The summed E-state index contributed by atoms with van der Waals surface area (Å²) in [7, 11) is 0. The van der Waals surface area contributed by atoms with Gasteiger partial charge in [-0.05, 0) is 26.3 Å². The monoisotopic (exact) mass is 180 g/mol. The predicted molar refractivity (Wildman–Crippen MR) is 52.4 cm³/mol. The fraction of sp³-hybridized carbons (Fsp3) is 0.667. The molecule has 0 spiro atoms. The molecule has 4 nitrogen and oxygen atoms in total. The Morgan fingerprint density at radius 3 is 3.08 bits per heavy atom. The van der Waals surface area contributed by atoms with Crippen molar-refractivity contribution >= 4 is 5.69 Å². The average Bonchev–Trinajstić information content (AvgIpc) is 2.52. The number of anilines is 1. The number of hydrogen-bond donors (Lipinski definition) is 3. The lowest BCUT2D eigenvalue weighted by molar-refractivity contribution is 0.366. The summed E-state index contributed by atoms with van der Waals surface area (Å²) in [6.45, 7) is 3.32. The third kappa shape index (κ3) is 1.54. The molecule has 2 heterocycles. The van der Waals surface area contributed by atoms with E-state index in [1.54, 1.807) is 6.20 Å². The van der Waals surface area contributed by atoms with Crippen molar-refractivity contribution in [3.63, 3.8) is 0 Å². The molecule has 2 atom stereocenters. The molecule has 1 aliphatic heterocycles. The Morgan fingerprint density at radius 1 is 1.62 bits per heavy atom. The van der Waals surface area contributed by atoms with Crippen LogP contribution < -0.4 is 11.1 Å². The van der Waals surface area contributed by atoms with Gasteiger partial charge < -0.3 is 11.1 Å². The summed E-state index contributed by atoms with van der Waals surface area (Å²) < 4.78 is 0. The number of H-pyrrole nitrogens is 1. The molecule has 0 aromatic carbocycles. The Morgan fingerprint density at radius 2 is 2.46 bits per heavy atom. The molecular weight excluding hydrogens is 164 g/mol. The molecule has 0 radical (unpaired) electrons. The van der Waals surface area contributed by atoms with E-state index in [0.717, 1.165) is 17.9 Å². The molecule has 1 aromatic heterocycles. The maximum atomic E-state index is 5.81. The van der Waals surface area contributed by atoms with Crippen LogP contribution >= 0.6 is 0 Å². The van der Waals surface area contributed by atoms with Gasteiger partial charge in [0.15, 0.2) is 0 Å². The van der Waals surface area contributed by atoms with Crippen molar-refractivity contribution in [1.29, 1.82) is 0 Å². The third-order valence-electron chi connectivity index (χ3n) is 2.83. The minimum absolute atomic E-state index is 0.497. The molecule has 4 heteroatoms. The van der Waals surface area contributed by atoms with Crippen molar-refractivity contribution in [2.75, 3.05) is 12.3 Å². The van der Waals surface area contributed by atoms with E-state index in [1.165, 1.54) is 12.8 Å². The van der Waals surface area contributed by atoms with Gasteiger partial charge in [0.25, 0.3) is 0 Å². The Hall–Kier alpha value is -1.03. The van der Waals surface area contributed by atoms with Gasteiger partial charge in [0.2, 0.25) is 0 Å². The summed E-state index contributed by atoms with van der Waals surface area (Å²) in [5.41, 5.74) is 7.70. The topological polar surface area (TPSA) is 66.7 Å². The van der Waals surface area contributed by atoms with Gasteiger partial charge in [-0.2, -0.15) is 5.10 Å². The second kappa shape index (κ2) is 3.38. The van der Waals surface area contributed by atoms with Crippen molar-refractivity contribution in [2.45, 2.75) is 31.7 Å². The van der Waals surface area contributed by atoms with Crippen LogP contribution in [0.4, 0.5) is 5.69 Å². The van der Waals surface area contributed by atoms with Crippen LogP contribution in [0, 0.1) is 0 Å². The summed E-state index contributed by atoms with van der Waals surface area (Å²) in [6.07, 6.45) is 4.10. The summed E-state index contributed by atoms with van der Waals surface area (Å²) >= 11 is 0. The molecule has 0 amide bonds. The van der Waals surface area contributed by atoms with E-state index in [9.17, 15) is 0 Å². The highest BCUT2D eigenvalue weighted by Crippen LogP contribution is 2.29. The highest BCUT2D eigenvalue weighted by atomic mass is 15.1. The molecule has 1 aliphatic rings. The van der Waals surface area contributed by atoms with E-state index in [-0.39, 0.29) is 0 Å². The summed E-state index contributed by atoms with van der Waals surface area (Å²) in [5, 5.41) is 10.4. The lowest BCUT2D eigenvalue weighted by Gasteiger charge is -2.29. The molecule has 2 rings (SSSR count). The summed E-state index contributed by atoms with van der Waals surface area (Å²) in [4.78, 5) is 0. The highest BCUT2D eigenvalue weighted by molar-refractivity contribution is 5.42. The fourth-order valence-corrected chi connectivity index (χ4v) is 2.04. The van der Waals surface area contributed by atoms with E-state index in [1.807, 2.05) is 0 Å². The predicted octanol–water partition coefficient (Wildman–Crippen LogP) is 0.847. The second-order valence-electron chi connectivity index (χ2n) is 3.73. The molecule has 4 N–H and O–H groups in total. The molecule has 1 saturated heterocycles. The van der Waals surface area contributed by atoms with Gasteiger partial charge in [-0.1, -0.05) is 0 Å². The SMILES string of the molecule is CC1NCCCC1c1[nH]ncc1N. The molecular formula is C9H16N4. The molecule has 72 valence electrons. The summed E-state index contributed by atoms with van der Waals surface area (Å²) in [5.74, 6) is 0.497. The standard InChI is InChI=1S/C9H16N4/c1-6-7(3-2-4-11-6)9-8(10)5-12-13-9/h5-7,11H,2-4,10H2,1H3,(H,12,13). The Bertz CT molecular complexity index is 281. The minimum Gasteiger partial charge on any atom is -0.396 e. The van der Waals surface area contributed by atoms with Crippen LogP contribution in [-0.2, 0) is 0 Å². The van der Waals surface area contributed by atoms with E-state index in [0.29, 0.717) is 12.0 Å². The number of nitrogens with two attached hydrogens (primary N) is 1. The van der Waals surface area contributed by atoms with Gasteiger partial charge >= 0.3 is 0 Å². The number of nitrogen functional groups attached to an aromatic ring is 1. The minimum atomic E-state index is 0.497. The lowest BCUT2D eigenvalue weighted by Crippen LogP contribution is -2.37. The fourth-order valence-electron chi connectivity index (χ4n) is 2.04. The van der Waals surface area contributed by atoms with Gasteiger partial charge in [-0.3, -0.25) is 5.10 Å². The quantitative estimate of drug-likeness (QED) is 0.600. The molecule has 0 aliphatic carbocycles. The summed E-state index contributed by atoms with van der Waals surface area (Å²) in [6, 6.07) is 0.497. The van der Waals surface area contributed by atoms with Crippen molar-refractivity contribution in [1.82, 2.24) is 15.5 Å². The lowest BCUT2D eigenvalue weighted by atomic mass is 9.89. The van der Waals surface area contributed by atoms with Crippen LogP contribution in [0.2, 0.25) is 0 Å². The molecule has 2 unspecified atom stereocenters. The number of nitrogens with zero attached hydrogens (tertiary/aromatic N) is 1. The zero-order valence-corrected chi connectivity index (χ0v) is 7.88. The number of piperidine rings is 1. The molecule has 0 saturated carbocycles. The van der Waals surface area contributed by atoms with Crippen LogP contribution in [-0.4, -0.2) is 22.8 Å². The highest BCUT2D eigenvalue weighted by Gasteiger charge is 2.25. The van der Waals surface area contributed by atoms with Crippen LogP contribution in [0.15, 0.2) is 6.20 Å². The number of rotatable bonds is 1. The molecule has 13 heavy (non-hydrogen) atoms. The van der Waals surface area contributed by atoms with E-state index in [2.05, 4.69) is 22.4 Å². The number of aromatic amines is 1. The molecule has 1 aromatic rings. The first kappa shape index (κ1) is 8.56. The van der Waals surface area contributed by atoms with Gasteiger partial charge in [-0.25, -0.2) is 0 Å². The zero-order chi connectivity index (χ0) is 9.26. The smallest absolute Gasteiger partial charge is 0.0733 e. The molecule has 0 bridgehead atoms. The van der Waals surface area contributed by atoms with Crippen LogP contribution in [0.3, 0.4) is 0 Å². The number of aromatic nitrogens is 2. The first-order valence-electron chi connectivity index (χ1n) is 4.81. The third-order valence-corrected chi connectivity index (χ3v) is 2.83. The second-order valence-corrected chi connectivity index (χ2v) is 3.73. The Balaban J connectivity index is 2.19. The van der Waals surface area contributed by atoms with Gasteiger partial charge in [0.1, 0.15) is 0 Å². The van der Waals surface area contributed by atoms with Gasteiger partial charge in [0, 0.05) is 12.0 Å². The van der Waals surface area contributed by atoms with Gasteiger partial charge in [0.05, 0.1) is 17.6 Å². The number of nitrogens with one attached hydrogen (secondary N) is 2. The largest absolute Gasteiger partial charge is 0.396 e. The number of hydrogen-bond acceptors (Lipinski definition) is 3. The van der Waals surface area contributed by atoms with E-state index >= 15 is 0 Å². The Labute approximate surface area is 77.9 Å². The van der Waals surface area contributed by atoms with Crippen LogP contribution in [0.25, 0.3) is 0 Å². The first-order valence-corrected chi connectivity index (χ1v) is 4.81. The average molecular weight is 180 g/mol. The van der Waals surface area contributed by atoms with Crippen molar-refractivity contribution in [3.8, 4) is 0 Å².